The monoisotopic (exact) mass is 226 g/mol. The van der Waals surface area contributed by atoms with Crippen molar-refractivity contribution in [2.45, 2.75) is 12.3 Å². The lowest BCUT2D eigenvalue weighted by atomic mass is 10.1. The van der Waals surface area contributed by atoms with Crippen molar-refractivity contribution in [3.63, 3.8) is 0 Å². The van der Waals surface area contributed by atoms with E-state index in [1.807, 2.05) is 0 Å². The molecule has 2 rings (SSSR count). The molecule has 16 heavy (non-hydrogen) atoms. The Labute approximate surface area is 90.5 Å². The molecule has 1 N–H and O–H groups in total. The summed E-state index contributed by atoms with van der Waals surface area (Å²) in [6.45, 7) is 0. The van der Waals surface area contributed by atoms with Gasteiger partial charge in [0.05, 0.1) is 0 Å². The summed E-state index contributed by atoms with van der Waals surface area (Å²) in [5.41, 5.74) is 1.01. The summed E-state index contributed by atoms with van der Waals surface area (Å²) in [5.74, 6) is 0. The van der Waals surface area contributed by atoms with E-state index in [4.69, 9.17) is 0 Å². The predicted octanol–water partition coefficient (Wildman–Crippen LogP) is 3.39. The van der Waals surface area contributed by atoms with Crippen molar-refractivity contribution in [2.75, 3.05) is 0 Å². The van der Waals surface area contributed by atoms with Crippen molar-refractivity contribution in [3.05, 3.63) is 48.0 Å². The fraction of sp³-hybridized carbons (Fsp3) is 0.167. The van der Waals surface area contributed by atoms with E-state index in [1.54, 1.807) is 36.4 Å². The van der Waals surface area contributed by atoms with E-state index in [-0.39, 0.29) is 5.56 Å². The Bertz CT molecular complexity index is 464. The predicted molar refractivity (Wildman–Crippen MR) is 54.1 cm³/mol. The quantitative estimate of drug-likeness (QED) is 0.790. The molecule has 2 aliphatic rings. The fourth-order valence-electron chi connectivity index (χ4n) is 1.65. The van der Waals surface area contributed by atoms with Crippen LogP contribution in [0.15, 0.2) is 42.5 Å². The second kappa shape index (κ2) is 3.79. The first-order valence-electron chi connectivity index (χ1n) is 4.72. The third-order valence-corrected chi connectivity index (χ3v) is 2.43. The van der Waals surface area contributed by atoms with Crippen LogP contribution in [0.3, 0.4) is 0 Å². The van der Waals surface area contributed by atoms with Gasteiger partial charge < -0.3 is 5.11 Å². The molecule has 0 aromatic rings. The molecule has 0 saturated carbocycles. The Kier molecular flexibility index (Phi) is 2.59. The zero-order chi connectivity index (χ0) is 11.8. The van der Waals surface area contributed by atoms with E-state index >= 15 is 0 Å². The number of aliphatic hydroxyl groups is 1. The molecule has 4 heteroatoms. The van der Waals surface area contributed by atoms with Crippen LogP contribution < -0.4 is 0 Å². The molecular formula is C12H9F3O. The molecule has 0 aromatic carbocycles. The fourth-order valence-corrected chi connectivity index (χ4v) is 1.65. The summed E-state index contributed by atoms with van der Waals surface area (Å²) >= 11 is 0. The lowest BCUT2D eigenvalue weighted by Gasteiger charge is -2.14. The second-order valence-corrected chi connectivity index (χ2v) is 3.51. The van der Waals surface area contributed by atoms with Crippen molar-refractivity contribution in [3.8, 4) is 11.1 Å². The van der Waals surface area contributed by atoms with E-state index in [2.05, 4.69) is 0 Å². The molecule has 2 aliphatic carbocycles. The number of halogens is 3. The second-order valence-electron chi connectivity index (χ2n) is 3.51. The van der Waals surface area contributed by atoms with Crippen LogP contribution in [0, 0.1) is 0 Å². The minimum Gasteiger partial charge on any atom is -0.379 e. The Morgan fingerprint density at radius 2 is 1.62 bits per heavy atom. The van der Waals surface area contributed by atoms with Crippen LogP contribution in [0.25, 0.3) is 11.1 Å². The first-order chi connectivity index (χ1) is 7.50. The summed E-state index contributed by atoms with van der Waals surface area (Å²) in [6, 6.07) is 11.3. The van der Waals surface area contributed by atoms with Crippen LogP contribution in [0.2, 0.25) is 0 Å². The van der Waals surface area contributed by atoms with E-state index in [0.717, 1.165) is 0 Å². The number of fused-ring (bicyclic) bond motifs is 1. The van der Waals surface area contributed by atoms with Gasteiger partial charge in [-0.25, -0.2) is 0 Å². The van der Waals surface area contributed by atoms with Gasteiger partial charge in [-0.3, -0.25) is 0 Å². The summed E-state index contributed by atoms with van der Waals surface area (Å²) in [5, 5.41) is 9.20. The number of hydrogen-bond donors (Lipinski definition) is 1. The molecule has 0 saturated heterocycles. The minimum absolute atomic E-state index is 0.0984. The van der Waals surface area contributed by atoms with Gasteiger partial charge in [-0.15, -0.1) is 0 Å². The van der Waals surface area contributed by atoms with E-state index in [1.165, 1.54) is 6.07 Å². The lowest BCUT2D eigenvalue weighted by molar-refractivity contribution is -0.206. The van der Waals surface area contributed by atoms with Gasteiger partial charge in [0.15, 0.2) is 6.10 Å². The Morgan fingerprint density at radius 1 is 0.938 bits per heavy atom. The van der Waals surface area contributed by atoms with Gasteiger partial charge in [-0.05, 0) is 16.7 Å². The molecule has 84 valence electrons. The highest BCUT2D eigenvalue weighted by Gasteiger charge is 2.40. The molecule has 0 unspecified atom stereocenters. The Morgan fingerprint density at radius 3 is 2.31 bits per heavy atom. The summed E-state index contributed by atoms with van der Waals surface area (Å²) in [6.07, 6.45) is -7.05. The maximum absolute atomic E-state index is 12.4. The third-order valence-electron chi connectivity index (χ3n) is 2.43. The van der Waals surface area contributed by atoms with E-state index < -0.39 is 12.3 Å². The SMILES string of the molecule is O[C@@H](c1ccc2cccccc1-2)C(F)(F)F. The van der Waals surface area contributed by atoms with E-state index in [9.17, 15) is 18.3 Å². The highest BCUT2D eigenvalue weighted by molar-refractivity contribution is 5.70. The topological polar surface area (TPSA) is 20.2 Å². The van der Waals surface area contributed by atoms with Crippen LogP contribution in [0.4, 0.5) is 13.2 Å². The molecule has 0 aromatic heterocycles. The molecule has 0 radical (unpaired) electrons. The van der Waals surface area contributed by atoms with Crippen LogP contribution in [-0.2, 0) is 0 Å². The van der Waals surface area contributed by atoms with Crippen LogP contribution in [-0.4, -0.2) is 11.3 Å². The highest BCUT2D eigenvalue weighted by atomic mass is 19.4. The number of aliphatic hydroxyl groups excluding tert-OH is 1. The number of rotatable bonds is 1. The molecule has 0 bridgehead atoms. The zero-order valence-corrected chi connectivity index (χ0v) is 8.20. The number of hydrogen-bond acceptors (Lipinski definition) is 1. The standard InChI is InChI=1S/C12H9F3O/c13-12(14,15)11(16)10-7-6-8-4-2-1-3-5-9(8)10/h1-7,11,16H/t11-/m0/s1. The molecule has 0 amide bonds. The maximum atomic E-state index is 12.4. The van der Waals surface area contributed by atoms with Gasteiger partial charge in [0.1, 0.15) is 0 Å². The molecule has 0 heterocycles. The van der Waals surface area contributed by atoms with Crippen molar-refractivity contribution in [1.82, 2.24) is 0 Å². The first-order valence-corrected chi connectivity index (χ1v) is 4.72. The van der Waals surface area contributed by atoms with Crippen LogP contribution >= 0.6 is 0 Å². The maximum Gasteiger partial charge on any atom is 0.418 e. The smallest absolute Gasteiger partial charge is 0.379 e. The molecule has 1 nitrogen and oxygen atoms in total. The van der Waals surface area contributed by atoms with Crippen molar-refractivity contribution in [1.29, 1.82) is 0 Å². The summed E-state index contributed by atoms with van der Waals surface area (Å²) < 4.78 is 37.2. The van der Waals surface area contributed by atoms with Gasteiger partial charge >= 0.3 is 6.18 Å². The average Bonchev–Trinajstić information content (AvgIpc) is 2.44. The molecule has 1 atom stereocenters. The number of alkyl halides is 3. The van der Waals surface area contributed by atoms with Crippen molar-refractivity contribution in [2.24, 2.45) is 0 Å². The van der Waals surface area contributed by atoms with E-state index in [0.29, 0.717) is 11.1 Å². The van der Waals surface area contributed by atoms with Gasteiger partial charge in [0, 0.05) is 0 Å². The molecule has 0 aliphatic heterocycles. The van der Waals surface area contributed by atoms with Gasteiger partial charge in [0.25, 0.3) is 0 Å². The van der Waals surface area contributed by atoms with Crippen LogP contribution in [0.1, 0.15) is 11.7 Å². The summed E-state index contributed by atoms with van der Waals surface area (Å²) in [4.78, 5) is 0. The molecular weight excluding hydrogens is 217 g/mol. The summed E-state index contributed by atoms with van der Waals surface area (Å²) in [7, 11) is 0. The van der Waals surface area contributed by atoms with Gasteiger partial charge in [-0.1, -0.05) is 42.5 Å². The zero-order valence-electron chi connectivity index (χ0n) is 8.20. The van der Waals surface area contributed by atoms with Crippen molar-refractivity contribution < 1.29 is 18.3 Å². The molecule has 0 spiro atoms. The third kappa shape index (κ3) is 1.88. The van der Waals surface area contributed by atoms with Gasteiger partial charge in [-0.2, -0.15) is 13.2 Å². The lowest BCUT2D eigenvalue weighted by Crippen LogP contribution is -2.20. The Hall–Kier alpha value is -1.55. The average molecular weight is 226 g/mol. The highest BCUT2D eigenvalue weighted by Crippen LogP contribution is 2.39. The minimum atomic E-state index is -4.63. The van der Waals surface area contributed by atoms with Gasteiger partial charge in [0.2, 0.25) is 0 Å². The van der Waals surface area contributed by atoms with Crippen LogP contribution in [0.5, 0.6) is 0 Å². The van der Waals surface area contributed by atoms with Crippen molar-refractivity contribution >= 4 is 0 Å². The first kappa shape index (κ1) is 11.0. The normalized spacial score (nSPS) is 14.0. The molecule has 0 fully saturated rings. The Balaban J connectivity index is 2.50. The largest absolute Gasteiger partial charge is 0.418 e.